The average Bonchev–Trinajstić information content (AvgIpc) is 3.05. The molecule has 156 valence electrons. The predicted molar refractivity (Wildman–Crippen MR) is 108 cm³/mol. The second-order valence-corrected chi connectivity index (χ2v) is 9.67. The van der Waals surface area contributed by atoms with E-state index in [1.54, 1.807) is 23.1 Å². The minimum atomic E-state index is -3.52. The molecule has 1 amide bonds. The van der Waals surface area contributed by atoms with Gasteiger partial charge in [-0.25, -0.2) is 8.42 Å². The number of aryl methyl sites for hydroxylation is 1. The topological polar surface area (TPSA) is 84.7 Å². The van der Waals surface area contributed by atoms with Gasteiger partial charge in [-0.3, -0.25) is 9.48 Å². The summed E-state index contributed by atoms with van der Waals surface area (Å²) in [6.07, 6.45) is 0.848. The van der Waals surface area contributed by atoms with Gasteiger partial charge in [0.05, 0.1) is 29.6 Å². The Morgan fingerprint density at radius 2 is 1.93 bits per heavy atom. The van der Waals surface area contributed by atoms with E-state index in [1.807, 2.05) is 24.8 Å². The lowest BCUT2D eigenvalue weighted by Gasteiger charge is -2.26. The number of carbonyl (C=O) groups excluding carboxylic acids is 1. The third-order valence-electron chi connectivity index (χ3n) is 5.34. The fraction of sp³-hybridized carbons (Fsp3) is 0.500. The summed E-state index contributed by atoms with van der Waals surface area (Å²) in [4.78, 5) is 17.3. The van der Waals surface area contributed by atoms with E-state index in [4.69, 9.17) is 4.74 Å². The number of ether oxygens (including phenoxy) is 1. The van der Waals surface area contributed by atoms with E-state index in [2.05, 4.69) is 10.00 Å². The highest BCUT2D eigenvalue weighted by atomic mass is 32.2. The van der Waals surface area contributed by atoms with Crippen LogP contribution in [0.1, 0.15) is 22.5 Å². The molecule has 0 atom stereocenters. The maximum Gasteiger partial charge on any atom is 0.274 e. The lowest BCUT2D eigenvalue weighted by molar-refractivity contribution is 0.0298. The van der Waals surface area contributed by atoms with Crippen LogP contribution >= 0.6 is 0 Å². The summed E-state index contributed by atoms with van der Waals surface area (Å²) in [5.41, 5.74) is 2.16. The van der Waals surface area contributed by atoms with Gasteiger partial charge in [0, 0.05) is 30.8 Å². The fourth-order valence-electron chi connectivity index (χ4n) is 3.93. The summed E-state index contributed by atoms with van der Waals surface area (Å²) in [6, 6.07) is 6.99. The molecule has 9 heteroatoms. The number of hydrogen-bond donors (Lipinski definition) is 0. The Morgan fingerprint density at radius 1 is 1.21 bits per heavy atom. The van der Waals surface area contributed by atoms with Gasteiger partial charge in [0.15, 0.2) is 15.5 Å². The third-order valence-corrected chi connectivity index (χ3v) is 7.03. The number of amides is 1. The van der Waals surface area contributed by atoms with Crippen molar-refractivity contribution in [1.82, 2.24) is 19.6 Å². The Labute approximate surface area is 171 Å². The van der Waals surface area contributed by atoms with Crippen LogP contribution in [-0.4, -0.2) is 80.8 Å². The van der Waals surface area contributed by atoms with Crippen molar-refractivity contribution in [3.05, 3.63) is 35.5 Å². The molecule has 1 fully saturated rings. The van der Waals surface area contributed by atoms with E-state index in [1.165, 1.54) is 0 Å². The second-order valence-electron chi connectivity index (χ2n) is 7.72. The van der Waals surface area contributed by atoms with Crippen molar-refractivity contribution < 1.29 is 17.9 Å². The van der Waals surface area contributed by atoms with Crippen LogP contribution in [0.15, 0.2) is 29.2 Å². The molecule has 0 bridgehead atoms. The highest BCUT2D eigenvalue weighted by Gasteiger charge is 2.36. The number of hydrogen-bond acceptors (Lipinski definition) is 6. The van der Waals surface area contributed by atoms with Gasteiger partial charge >= 0.3 is 0 Å². The van der Waals surface area contributed by atoms with Gasteiger partial charge in [-0.15, -0.1) is 0 Å². The molecule has 1 aromatic carbocycles. The molecule has 0 aliphatic carbocycles. The zero-order chi connectivity index (χ0) is 20.6. The number of morpholine rings is 1. The molecule has 0 saturated carbocycles. The lowest BCUT2D eigenvalue weighted by Crippen LogP contribution is -2.41. The first-order valence-electron chi connectivity index (χ1n) is 9.82. The van der Waals surface area contributed by atoms with Crippen LogP contribution in [0.4, 0.5) is 0 Å². The minimum absolute atomic E-state index is 0.196. The maximum absolute atomic E-state index is 13.2. The summed E-state index contributed by atoms with van der Waals surface area (Å²) in [6.45, 7) is 3.44. The van der Waals surface area contributed by atoms with Crippen molar-refractivity contribution in [2.24, 2.45) is 0 Å². The van der Waals surface area contributed by atoms with E-state index in [-0.39, 0.29) is 17.4 Å². The van der Waals surface area contributed by atoms with E-state index < -0.39 is 9.84 Å². The molecule has 0 unspecified atom stereocenters. The molecule has 1 saturated heterocycles. The van der Waals surface area contributed by atoms with E-state index in [9.17, 15) is 13.2 Å². The van der Waals surface area contributed by atoms with Crippen LogP contribution in [0.3, 0.4) is 0 Å². The van der Waals surface area contributed by atoms with Crippen molar-refractivity contribution in [1.29, 1.82) is 0 Å². The van der Waals surface area contributed by atoms with Crippen LogP contribution in [0.25, 0.3) is 11.3 Å². The Morgan fingerprint density at radius 3 is 2.66 bits per heavy atom. The Bertz CT molecular complexity index is 1020. The molecule has 2 aliphatic heterocycles. The number of rotatable bonds is 5. The van der Waals surface area contributed by atoms with Crippen molar-refractivity contribution >= 4 is 15.7 Å². The molecular weight excluding hydrogens is 392 g/mol. The monoisotopic (exact) mass is 418 g/mol. The van der Waals surface area contributed by atoms with Crippen molar-refractivity contribution in [3.63, 3.8) is 0 Å². The molecule has 0 radical (unpaired) electrons. The first kappa shape index (κ1) is 20.1. The van der Waals surface area contributed by atoms with E-state index in [0.29, 0.717) is 48.9 Å². The lowest BCUT2D eigenvalue weighted by atomic mass is 10.1. The highest BCUT2D eigenvalue weighted by molar-refractivity contribution is 7.90. The van der Waals surface area contributed by atoms with Gasteiger partial charge in [-0.2, -0.15) is 5.10 Å². The SMILES string of the molecule is CN(C)CCCn1nc(C(=O)N2CCOCC2)c2c1-c1ccccc1S(=O)(=O)C2. The summed E-state index contributed by atoms with van der Waals surface area (Å²) < 4.78 is 33.0. The normalized spacial score (nSPS) is 17.8. The minimum Gasteiger partial charge on any atom is -0.378 e. The first-order chi connectivity index (χ1) is 13.9. The molecule has 2 aliphatic rings. The van der Waals surface area contributed by atoms with Crippen molar-refractivity contribution in [3.8, 4) is 11.3 Å². The number of aromatic nitrogens is 2. The number of fused-ring (bicyclic) bond motifs is 3. The van der Waals surface area contributed by atoms with Gasteiger partial charge in [-0.05, 0) is 33.1 Å². The molecule has 0 N–H and O–H groups in total. The average molecular weight is 419 g/mol. The zero-order valence-corrected chi connectivity index (χ0v) is 17.6. The van der Waals surface area contributed by atoms with Gasteiger partial charge < -0.3 is 14.5 Å². The van der Waals surface area contributed by atoms with Crippen LogP contribution in [0, 0.1) is 0 Å². The van der Waals surface area contributed by atoms with Crippen molar-refractivity contribution in [2.75, 3.05) is 46.9 Å². The van der Waals surface area contributed by atoms with Gasteiger partial charge in [0.25, 0.3) is 5.91 Å². The summed E-state index contributed by atoms with van der Waals surface area (Å²) in [5, 5.41) is 4.63. The Hall–Kier alpha value is -2.23. The summed E-state index contributed by atoms with van der Waals surface area (Å²) >= 11 is 0. The molecule has 1 aromatic heterocycles. The molecule has 2 aromatic rings. The number of sulfone groups is 1. The summed E-state index contributed by atoms with van der Waals surface area (Å²) in [5.74, 6) is -0.413. The molecule has 8 nitrogen and oxygen atoms in total. The quantitative estimate of drug-likeness (QED) is 0.727. The number of carbonyl (C=O) groups is 1. The Balaban J connectivity index is 1.80. The zero-order valence-electron chi connectivity index (χ0n) is 16.8. The second kappa shape index (κ2) is 7.89. The molecule has 29 heavy (non-hydrogen) atoms. The van der Waals surface area contributed by atoms with E-state index >= 15 is 0 Å². The number of nitrogens with zero attached hydrogens (tertiary/aromatic N) is 4. The van der Waals surface area contributed by atoms with Crippen LogP contribution in [-0.2, 0) is 26.9 Å². The van der Waals surface area contributed by atoms with Crippen LogP contribution in [0.2, 0.25) is 0 Å². The predicted octanol–water partition coefficient (Wildman–Crippen LogP) is 1.26. The molecule has 4 rings (SSSR count). The smallest absolute Gasteiger partial charge is 0.274 e. The van der Waals surface area contributed by atoms with E-state index in [0.717, 1.165) is 18.7 Å². The van der Waals surface area contributed by atoms with Gasteiger partial charge in [0.1, 0.15) is 0 Å². The highest BCUT2D eigenvalue weighted by Crippen LogP contribution is 2.39. The largest absolute Gasteiger partial charge is 0.378 e. The number of benzene rings is 1. The van der Waals surface area contributed by atoms with Crippen LogP contribution in [0.5, 0.6) is 0 Å². The molecule has 0 spiro atoms. The summed E-state index contributed by atoms with van der Waals surface area (Å²) in [7, 11) is 0.496. The van der Waals surface area contributed by atoms with Gasteiger partial charge in [-0.1, -0.05) is 18.2 Å². The third kappa shape index (κ3) is 3.82. The van der Waals surface area contributed by atoms with Crippen LogP contribution < -0.4 is 0 Å². The fourth-order valence-corrected chi connectivity index (χ4v) is 5.52. The molecule has 3 heterocycles. The maximum atomic E-state index is 13.2. The molecular formula is C20H26N4O4S. The standard InChI is InChI=1S/C20H26N4O4S/c1-22(2)8-5-9-24-19-15-6-3-4-7-17(15)29(26,27)14-16(19)18(21-24)20(25)23-10-12-28-13-11-23/h3-4,6-7H,5,8-14H2,1-2H3. The van der Waals surface area contributed by atoms with Gasteiger partial charge in [0.2, 0.25) is 0 Å². The van der Waals surface area contributed by atoms with Crippen molar-refractivity contribution in [2.45, 2.75) is 23.6 Å². The first-order valence-corrected chi connectivity index (χ1v) is 11.5. The Kier molecular flexibility index (Phi) is 5.46.